The summed E-state index contributed by atoms with van der Waals surface area (Å²) in [7, 11) is 1.30. The Bertz CT molecular complexity index is 968. The molecule has 8 nitrogen and oxygen atoms in total. The first-order valence-electron chi connectivity index (χ1n) is 10.3. The third-order valence-electron chi connectivity index (χ3n) is 5.91. The van der Waals surface area contributed by atoms with Crippen LogP contribution in [-0.4, -0.2) is 37.0 Å². The van der Waals surface area contributed by atoms with Crippen LogP contribution < -0.4 is 10.6 Å². The molecular formula is C23H27N3O5. The summed E-state index contributed by atoms with van der Waals surface area (Å²) in [5.41, 5.74) is 8.39. The minimum atomic E-state index is -0.711. The normalized spacial score (nSPS) is 15.7. The van der Waals surface area contributed by atoms with Crippen LogP contribution in [0, 0.1) is 10.1 Å². The van der Waals surface area contributed by atoms with Crippen LogP contribution in [0.1, 0.15) is 59.5 Å². The van der Waals surface area contributed by atoms with Gasteiger partial charge in [0.2, 0.25) is 5.91 Å². The number of rotatable bonds is 7. The highest BCUT2D eigenvalue weighted by Gasteiger charge is 2.30. The molecule has 8 heteroatoms. The van der Waals surface area contributed by atoms with E-state index in [1.165, 1.54) is 13.2 Å². The van der Waals surface area contributed by atoms with E-state index in [1.807, 2.05) is 6.92 Å². The molecule has 1 unspecified atom stereocenters. The number of piperidine rings is 1. The lowest BCUT2D eigenvalue weighted by Crippen LogP contribution is -2.32. The third-order valence-corrected chi connectivity index (χ3v) is 5.91. The number of non-ortho nitro benzene ring substituents is 1. The molecule has 0 radical (unpaired) electrons. The topological polar surface area (TPSA) is 116 Å². The summed E-state index contributed by atoms with van der Waals surface area (Å²) in [6.45, 7) is 3.59. The van der Waals surface area contributed by atoms with Gasteiger partial charge in [-0.1, -0.05) is 19.1 Å². The van der Waals surface area contributed by atoms with Crippen LogP contribution in [0.4, 0.5) is 11.4 Å². The molecule has 2 aromatic rings. The Balaban J connectivity index is 2.03. The largest absolute Gasteiger partial charge is 0.465 e. The molecule has 0 saturated carbocycles. The number of esters is 1. The zero-order valence-corrected chi connectivity index (χ0v) is 17.7. The van der Waals surface area contributed by atoms with Crippen molar-refractivity contribution in [3.63, 3.8) is 0 Å². The summed E-state index contributed by atoms with van der Waals surface area (Å²) in [4.78, 5) is 37.4. The van der Waals surface area contributed by atoms with Crippen molar-refractivity contribution in [2.75, 3.05) is 25.1 Å². The van der Waals surface area contributed by atoms with Gasteiger partial charge in [0.05, 0.1) is 23.5 Å². The van der Waals surface area contributed by atoms with Crippen LogP contribution in [0.25, 0.3) is 0 Å². The Morgan fingerprint density at radius 2 is 1.74 bits per heavy atom. The Labute approximate surface area is 181 Å². The summed E-state index contributed by atoms with van der Waals surface area (Å²) in [6, 6.07) is 11.4. The van der Waals surface area contributed by atoms with Crippen LogP contribution in [0.15, 0.2) is 42.5 Å². The second-order valence-corrected chi connectivity index (χ2v) is 7.83. The summed E-state index contributed by atoms with van der Waals surface area (Å²) in [5, 5.41) is 11.4. The number of carbonyl (C=O) groups excluding carboxylic acids is 2. The number of ether oxygens (including phenoxy) is 1. The van der Waals surface area contributed by atoms with E-state index < -0.39 is 28.6 Å². The molecule has 1 aliphatic heterocycles. The number of hydrogen-bond donors (Lipinski definition) is 1. The summed E-state index contributed by atoms with van der Waals surface area (Å²) >= 11 is 0. The fourth-order valence-electron chi connectivity index (χ4n) is 4.27. The quantitative estimate of drug-likeness (QED) is 0.410. The number of primary amides is 1. The number of hydrogen-bond acceptors (Lipinski definition) is 6. The second-order valence-electron chi connectivity index (χ2n) is 7.83. The molecule has 0 aliphatic carbocycles. The first-order chi connectivity index (χ1) is 14.8. The van der Waals surface area contributed by atoms with Crippen LogP contribution in [0.2, 0.25) is 0 Å². The van der Waals surface area contributed by atoms with Crippen molar-refractivity contribution >= 4 is 23.3 Å². The number of carbonyl (C=O) groups is 2. The van der Waals surface area contributed by atoms with Crippen LogP contribution in [-0.2, 0) is 9.53 Å². The molecule has 2 N–H and O–H groups in total. The molecular weight excluding hydrogens is 398 g/mol. The maximum absolute atomic E-state index is 12.5. The molecule has 0 spiro atoms. The number of nitrogens with two attached hydrogens (primary N) is 1. The Hall–Kier alpha value is -3.42. The number of nitro groups is 1. The standard InChI is InChI=1S/C23H27N3O5/c1-15(21(22(24)27)16-6-8-17(9-7-16)23(28)31-2)19-14-18(26(29)30)10-11-20(19)25-12-4-3-5-13-25/h6-11,14-15,21H,3-5,12-13H2,1-2H3,(H2,24,27)/t15?,21-/m0/s1. The fourth-order valence-corrected chi connectivity index (χ4v) is 4.27. The summed E-state index contributed by atoms with van der Waals surface area (Å²) in [6.07, 6.45) is 3.27. The average Bonchev–Trinajstić information content (AvgIpc) is 2.79. The van der Waals surface area contributed by atoms with Crippen LogP contribution in [0.5, 0.6) is 0 Å². The minimum absolute atomic E-state index is 0.0214. The van der Waals surface area contributed by atoms with Gasteiger partial charge in [0.1, 0.15) is 0 Å². The van der Waals surface area contributed by atoms with Crippen LogP contribution >= 0.6 is 0 Å². The van der Waals surface area contributed by atoms with E-state index in [-0.39, 0.29) is 5.69 Å². The van der Waals surface area contributed by atoms with Gasteiger partial charge < -0.3 is 15.4 Å². The lowest BCUT2D eigenvalue weighted by atomic mass is 9.80. The number of benzene rings is 2. The van der Waals surface area contributed by atoms with Crippen molar-refractivity contribution in [3.05, 3.63) is 69.3 Å². The van der Waals surface area contributed by atoms with Gasteiger partial charge in [0, 0.05) is 30.9 Å². The van der Waals surface area contributed by atoms with E-state index in [0.717, 1.165) is 43.6 Å². The highest BCUT2D eigenvalue weighted by atomic mass is 16.6. The van der Waals surface area contributed by atoms with Gasteiger partial charge in [-0.25, -0.2) is 4.79 Å². The molecule has 1 heterocycles. The molecule has 2 atom stereocenters. The minimum Gasteiger partial charge on any atom is -0.465 e. The average molecular weight is 425 g/mol. The van der Waals surface area contributed by atoms with E-state index in [1.54, 1.807) is 36.4 Å². The van der Waals surface area contributed by atoms with Gasteiger partial charge in [-0.05, 0) is 54.5 Å². The van der Waals surface area contributed by atoms with Gasteiger partial charge in [-0.15, -0.1) is 0 Å². The fraction of sp³-hybridized carbons (Fsp3) is 0.391. The number of amides is 1. The smallest absolute Gasteiger partial charge is 0.337 e. The van der Waals surface area contributed by atoms with Crippen LogP contribution in [0.3, 0.4) is 0 Å². The van der Waals surface area contributed by atoms with Gasteiger partial charge in [-0.3, -0.25) is 14.9 Å². The highest BCUT2D eigenvalue weighted by molar-refractivity contribution is 5.90. The third kappa shape index (κ3) is 4.84. The maximum atomic E-state index is 12.5. The first-order valence-corrected chi connectivity index (χ1v) is 10.3. The predicted molar refractivity (Wildman–Crippen MR) is 117 cm³/mol. The van der Waals surface area contributed by atoms with Crippen molar-refractivity contribution in [1.29, 1.82) is 0 Å². The number of anilines is 1. The Kier molecular flexibility index (Phi) is 6.89. The van der Waals surface area contributed by atoms with Crippen molar-refractivity contribution in [2.45, 2.75) is 38.0 Å². The molecule has 1 fully saturated rings. The SMILES string of the molecule is COC(=O)c1ccc([C@@H](C(N)=O)C(C)c2cc([N+](=O)[O-])ccc2N2CCCCC2)cc1. The molecule has 1 amide bonds. The van der Waals surface area contributed by atoms with Crippen molar-refractivity contribution < 1.29 is 19.2 Å². The Morgan fingerprint density at radius 3 is 2.29 bits per heavy atom. The monoisotopic (exact) mass is 425 g/mol. The van der Waals surface area contributed by atoms with Crippen molar-refractivity contribution in [1.82, 2.24) is 0 Å². The van der Waals surface area contributed by atoms with E-state index in [4.69, 9.17) is 10.5 Å². The number of methoxy groups -OCH3 is 1. The van der Waals surface area contributed by atoms with Gasteiger partial charge in [0.25, 0.3) is 5.69 Å². The molecule has 31 heavy (non-hydrogen) atoms. The molecule has 0 bridgehead atoms. The van der Waals surface area contributed by atoms with Gasteiger partial charge in [0.15, 0.2) is 0 Å². The molecule has 0 aromatic heterocycles. The highest BCUT2D eigenvalue weighted by Crippen LogP contribution is 2.40. The Morgan fingerprint density at radius 1 is 1.10 bits per heavy atom. The summed E-state index contributed by atoms with van der Waals surface area (Å²) in [5.74, 6) is -2.12. The molecule has 164 valence electrons. The van der Waals surface area contributed by atoms with Gasteiger partial charge in [-0.2, -0.15) is 0 Å². The number of nitrogens with zero attached hydrogens (tertiary/aromatic N) is 2. The predicted octanol–water partition coefficient (Wildman–Crippen LogP) is 3.74. The lowest BCUT2D eigenvalue weighted by molar-refractivity contribution is -0.384. The van der Waals surface area contributed by atoms with Crippen molar-refractivity contribution in [3.8, 4) is 0 Å². The molecule has 2 aromatic carbocycles. The van der Waals surface area contributed by atoms with E-state index in [2.05, 4.69) is 4.90 Å². The van der Waals surface area contributed by atoms with E-state index >= 15 is 0 Å². The molecule has 1 aliphatic rings. The van der Waals surface area contributed by atoms with E-state index in [9.17, 15) is 19.7 Å². The maximum Gasteiger partial charge on any atom is 0.337 e. The number of nitro benzene ring substituents is 1. The lowest BCUT2D eigenvalue weighted by Gasteiger charge is -2.33. The zero-order valence-electron chi connectivity index (χ0n) is 17.7. The van der Waals surface area contributed by atoms with Crippen molar-refractivity contribution in [2.24, 2.45) is 5.73 Å². The summed E-state index contributed by atoms with van der Waals surface area (Å²) < 4.78 is 4.72. The molecule has 1 saturated heterocycles. The second kappa shape index (κ2) is 9.59. The molecule has 3 rings (SSSR count). The zero-order chi connectivity index (χ0) is 22.5. The first kappa shape index (κ1) is 22.3. The van der Waals surface area contributed by atoms with E-state index in [0.29, 0.717) is 11.1 Å². The van der Waals surface area contributed by atoms with Gasteiger partial charge >= 0.3 is 5.97 Å².